The van der Waals surface area contributed by atoms with Crippen LogP contribution in [0.2, 0.25) is 0 Å². The fourth-order valence-corrected chi connectivity index (χ4v) is 4.05. The lowest BCUT2D eigenvalue weighted by molar-refractivity contribution is -0.111. The molecule has 3 aromatic carbocycles. The minimum Gasteiger partial charge on any atom is -0.496 e. The van der Waals surface area contributed by atoms with E-state index in [2.05, 4.69) is 12.2 Å². The van der Waals surface area contributed by atoms with Crippen molar-refractivity contribution in [2.24, 2.45) is 0 Å². The number of fused-ring (bicyclic) bond motifs is 1. The fourth-order valence-electron chi connectivity index (χ4n) is 4.05. The summed E-state index contributed by atoms with van der Waals surface area (Å²) in [7, 11) is 1.62. The zero-order valence-electron chi connectivity index (χ0n) is 20.0. The first-order valence-electron chi connectivity index (χ1n) is 11.4. The smallest absolute Gasteiger partial charge is 0.248 e. The lowest BCUT2D eigenvalue weighted by Gasteiger charge is -2.11. The molecule has 0 atom stereocenters. The van der Waals surface area contributed by atoms with Gasteiger partial charge >= 0.3 is 0 Å². The van der Waals surface area contributed by atoms with Crippen LogP contribution in [0.1, 0.15) is 31.9 Å². The van der Waals surface area contributed by atoms with Crippen LogP contribution in [-0.4, -0.2) is 19.6 Å². The third-order valence-electron chi connectivity index (χ3n) is 5.80. The van der Waals surface area contributed by atoms with Gasteiger partial charge in [0, 0.05) is 34.3 Å². The van der Waals surface area contributed by atoms with E-state index >= 15 is 0 Å². The number of amides is 1. The molecule has 1 amide bonds. The number of allylic oxidation sites excluding steroid dienone is 1. The first kappa shape index (κ1) is 23.2. The van der Waals surface area contributed by atoms with E-state index in [4.69, 9.17) is 13.9 Å². The third-order valence-corrected chi connectivity index (χ3v) is 5.80. The van der Waals surface area contributed by atoms with Crippen molar-refractivity contribution in [3.63, 3.8) is 0 Å². The van der Waals surface area contributed by atoms with Crippen molar-refractivity contribution in [1.82, 2.24) is 0 Å². The number of hydrogen-bond donors (Lipinski definition) is 1. The van der Waals surface area contributed by atoms with Gasteiger partial charge in [-0.1, -0.05) is 37.3 Å². The number of ether oxygens (including phenoxy) is 2. The van der Waals surface area contributed by atoms with E-state index in [1.165, 1.54) is 0 Å². The van der Waals surface area contributed by atoms with Crippen molar-refractivity contribution in [2.45, 2.75) is 27.2 Å². The number of furan rings is 1. The van der Waals surface area contributed by atoms with Gasteiger partial charge in [-0.3, -0.25) is 4.79 Å². The molecular weight excluding hydrogens is 426 g/mol. The monoisotopic (exact) mass is 455 g/mol. The Morgan fingerprint density at radius 3 is 2.53 bits per heavy atom. The number of anilines is 1. The van der Waals surface area contributed by atoms with Gasteiger partial charge in [0.2, 0.25) is 5.91 Å². The number of hydrogen-bond acceptors (Lipinski definition) is 4. The Morgan fingerprint density at radius 1 is 1.06 bits per heavy atom. The van der Waals surface area contributed by atoms with Gasteiger partial charge in [0.05, 0.1) is 20.0 Å². The van der Waals surface area contributed by atoms with E-state index in [1.54, 1.807) is 19.4 Å². The molecule has 4 rings (SSSR count). The van der Waals surface area contributed by atoms with Crippen molar-refractivity contribution < 1.29 is 18.7 Å². The van der Waals surface area contributed by atoms with Crippen LogP contribution in [-0.2, 0) is 11.2 Å². The average Bonchev–Trinajstić information content (AvgIpc) is 3.27. The van der Waals surface area contributed by atoms with Crippen molar-refractivity contribution in [1.29, 1.82) is 0 Å². The number of carbonyl (C=O) groups is 1. The number of methoxy groups -OCH3 is 1. The molecule has 0 unspecified atom stereocenters. The molecule has 0 aliphatic heterocycles. The molecule has 0 aliphatic rings. The average molecular weight is 456 g/mol. The predicted octanol–water partition coefficient (Wildman–Crippen LogP) is 7.11. The second-order valence-corrected chi connectivity index (χ2v) is 7.98. The maximum atomic E-state index is 12.8. The Kier molecular flexibility index (Phi) is 7.02. The zero-order valence-corrected chi connectivity index (χ0v) is 20.0. The van der Waals surface area contributed by atoms with Gasteiger partial charge in [-0.25, -0.2) is 0 Å². The molecule has 0 saturated heterocycles. The highest BCUT2D eigenvalue weighted by molar-refractivity contribution is 6.05. The summed E-state index contributed by atoms with van der Waals surface area (Å²) in [5, 5.41) is 3.95. The number of nitrogens with one attached hydrogen (secondary N) is 1. The maximum absolute atomic E-state index is 12.8. The molecule has 174 valence electrons. The molecular formula is C29H29NO4. The molecule has 5 nitrogen and oxygen atoms in total. The topological polar surface area (TPSA) is 60.7 Å². The van der Waals surface area contributed by atoms with Gasteiger partial charge in [-0.05, 0) is 61.2 Å². The summed E-state index contributed by atoms with van der Waals surface area (Å²) >= 11 is 0. The highest BCUT2D eigenvalue weighted by atomic mass is 16.5. The van der Waals surface area contributed by atoms with E-state index in [0.29, 0.717) is 12.4 Å². The summed E-state index contributed by atoms with van der Waals surface area (Å²) in [6.45, 7) is 6.57. The van der Waals surface area contributed by atoms with E-state index in [9.17, 15) is 4.79 Å². The number of aryl methyl sites for hydroxylation is 1. The number of para-hydroxylation sites is 1. The molecule has 0 fully saturated rings. The van der Waals surface area contributed by atoms with E-state index in [-0.39, 0.29) is 5.91 Å². The van der Waals surface area contributed by atoms with E-state index in [0.717, 1.165) is 56.7 Å². The number of carbonyl (C=O) groups excluding carboxylic acids is 1. The second-order valence-electron chi connectivity index (χ2n) is 7.98. The normalized spacial score (nSPS) is 11.5. The Hall–Kier alpha value is -3.99. The van der Waals surface area contributed by atoms with E-state index < -0.39 is 0 Å². The molecule has 0 aliphatic carbocycles. The molecule has 5 heteroatoms. The fraction of sp³-hybridized carbons (Fsp3) is 0.207. The van der Waals surface area contributed by atoms with Crippen LogP contribution in [0.3, 0.4) is 0 Å². The largest absolute Gasteiger partial charge is 0.496 e. The number of rotatable bonds is 8. The quantitative estimate of drug-likeness (QED) is 0.288. The van der Waals surface area contributed by atoms with Crippen LogP contribution in [0.25, 0.3) is 27.7 Å². The molecule has 1 heterocycles. The van der Waals surface area contributed by atoms with Gasteiger partial charge in [-0.2, -0.15) is 0 Å². The zero-order chi connectivity index (χ0) is 24.1. The minimum atomic E-state index is -0.181. The summed E-state index contributed by atoms with van der Waals surface area (Å²) in [5.41, 5.74) is 6.27. The van der Waals surface area contributed by atoms with Gasteiger partial charge in [-0.15, -0.1) is 0 Å². The van der Waals surface area contributed by atoms with Crippen LogP contribution < -0.4 is 14.8 Å². The Balaban J connectivity index is 1.68. The van der Waals surface area contributed by atoms with Gasteiger partial charge in [0.1, 0.15) is 17.1 Å². The van der Waals surface area contributed by atoms with Gasteiger partial charge in [0.15, 0.2) is 0 Å². The lowest BCUT2D eigenvalue weighted by Crippen LogP contribution is -2.10. The SMILES string of the molecule is CCOc1ccc(-c2coc3cc(OC)c(/C(C)=C/C(=O)Nc4ccccc4CC)cc23)cc1. The molecule has 0 spiro atoms. The van der Waals surface area contributed by atoms with Gasteiger partial charge < -0.3 is 19.2 Å². The molecule has 0 saturated carbocycles. The first-order valence-corrected chi connectivity index (χ1v) is 11.4. The predicted molar refractivity (Wildman–Crippen MR) is 137 cm³/mol. The van der Waals surface area contributed by atoms with Crippen molar-refractivity contribution in [2.75, 3.05) is 19.0 Å². The summed E-state index contributed by atoms with van der Waals surface area (Å²) < 4.78 is 17.0. The van der Waals surface area contributed by atoms with E-state index in [1.807, 2.05) is 74.5 Å². The Bertz CT molecular complexity index is 1330. The van der Waals surface area contributed by atoms with Crippen molar-refractivity contribution in [3.05, 3.63) is 84.1 Å². The standard InChI is InChI=1S/C29H29NO4/c1-5-20-9-7-8-10-26(20)30-29(31)15-19(3)23-16-24-25(18-34-28(24)17-27(23)32-4)21-11-13-22(14-12-21)33-6-2/h7-18H,5-6H2,1-4H3,(H,30,31)/b19-15+. The summed E-state index contributed by atoms with van der Waals surface area (Å²) in [5.74, 6) is 1.30. The second kappa shape index (κ2) is 10.3. The Morgan fingerprint density at radius 2 is 1.82 bits per heavy atom. The van der Waals surface area contributed by atoms with Crippen molar-refractivity contribution >= 4 is 28.1 Å². The maximum Gasteiger partial charge on any atom is 0.248 e. The van der Waals surface area contributed by atoms with Crippen LogP contribution >= 0.6 is 0 Å². The lowest BCUT2D eigenvalue weighted by atomic mass is 9.99. The molecule has 4 aromatic rings. The highest BCUT2D eigenvalue weighted by Gasteiger charge is 2.15. The molecule has 1 N–H and O–H groups in total. The third kappa shape index (κ3) is 4.84. The summed E-state index contributed by atoms with van der Waals surface area (Å²) in [6, 6.07) is 19.6. The molecule has 0 radical (unpaired) electrons. The minimum absolute atomic E-state index is 0.181. The van der Waals surface area contributed by atoms with Gasteiger partial charge in [0.25, 0.3) is 0 Å². The first-order chi connectivity index (χ1) is 16.5. The number of benzene rings is 3. The van der Waals surface area contributed by atoms with Crippen LogP contribution in [0.5, 0.6) is 11.5 Å². The van der Waals surface area contributed by atoms with Crippen LogP contribution in [0.15, 0.2) is 77.4 Å². The molecule has 0 bridgehead atoms. The molecule has 34 heavy (non-hydrogen) atoms. The summed E-state index contributed by atoms with van der Waals surface area (Å²) in [6.07, 6.45) is 4.20. The Labute approximate surface area is 200 Å². The molecule has 1 aromatic heterocycles. The van der Waals surface area contributed by atoms with Crippen LogP contribution in [0, 0.1) is 0 Å². The summed E-state index contributed by atoms with van der Waals surface area (Å²) in [4.78, 5) is 12.8. The van der Waals surface area contributed by atoms with Crippen molar-refractivity contribution in [3.8, 4) is 22.6 Å². The highest BCUT2D eigenvalue weighted by Crippen LogP contribution is 2.37. The van der Waals surface area contributed by atoms with Crippen LogP contribution in [0.4, 0.5) is 5.69 Å².